The van der Waals surface area contributed by atoms with Gasteiger partial charge in [-0.2, -0.15) is 0 Å². The number of anilines is 1. The highest BCUT2D eigenvalue weighted by Crippen LogP contribution is 2.31. The van der Waals surface area contributed by atoms with Crippen LogP contribution in [0.3, 0.4) is 0 Å². The van der Waals surface area contributed by atoms with E-state index in [1.165, 1.54) is 0 Å². The molecule has 0 aliphatic carbocycles. The van der Waals surface area contributed by atoms with Crippen LogP contribution in [0.4, 0.5) is 5.82 Å². The molecule has 7 nitrogen and oxygen atoms in total. The van der Waals surface area contributed by atoms with E-state index in [0.717, 1.165) is 35.7 Å². The van der Waals surface area contributed by atoms with E-state index in [9.17, 15) is 14.7 Å². The lowest BCUT2D eigenvalue weighted by atomic mass is 9.94. The normalized spacial score (nSPS) is 16.4. The van der Waals surface area contributed by atoms with Gasteiger partial charge >= 0.3 is 5.97 Å². The van der Waals surface area contributed by atoms with Crippen molar-refractivity contribution in [1.82, 2.24) is 9.88 Å². The van der Waals surface area contributed by atoms with Gasteiger partial charge in [0, 0.05) is 24.8 Å². The third-order valence-corrected chi connectivity index (χ3v) is 5.38. The Balaban J connectivity index is 1.65. The predicted molar refractivity (Wildman–Crippen MR) is 119 cm³/mol. The molecule has 1 unspecified atom stereocenters. The molecule has 31 heavy (non-hydrogen) atoms. The first-order valence-electron chi connectivity index (χ1n) is 10.7. The number of ether oxygens (including phenoxy) is 1. The first kappa shape index (κ1) is 22.6. The van der Waals surface area contributed by atoms with Crippen LogP contribution < -0.4 is 10.1 Å². The van der Waals surface area contributed by atoms with Crippen LogP contribution in [0.2, 0.25) is 0 Å². The van der Waals surface area contributed by atoms with Gasteiger partial charge in [0.1, 0.15) is 11.6 Å². The molecule has 0 saturated heterocycles. The van der Waals surface area contributed by atoms with E-state index in [1.54, 1.807) is 11.1 Å². The van der Waals surface area contributed by atoms with E-state index < -0.39 is 17.4 Å². The number of aliphatic carboxylic acids is 1. The fourth-order valence-electron chi connectivity index (χ4n) is 3.74. The quantitative estimate of drug-likeness (QED) is 0.626. The molecule has 166 valence electrons. The van der Waals surface area contributed by atoms with E-state index in [-0.39, 0.29) is 12.3 Å². The van der Waals surface area contributed by atoms with Crippen molar-refractivity contribution in [2.75, 3.05) is 18.5 Å². The van der Waals surface area contributed by atoms with Crippen molar-refractivity contribution in [2.24, 2.45) is 5.92 Å². The van der Waals surface area contributed by atoms with Crippen LogP contribution in [-0.2, 0) is 22.6 Å². The molecule has 0 bridgehead atoms. The van der Waals surface area contributed by atoms with Gasteiger partial charge in [-0.3, -0.25) is 9.59 Å². The second kappa shape index (κ2) is 9.81. The highest BCUT2D eigenvalue weighted by molar-refractivity contribution is 5.84. The maximum Gasteiger partial charge on any atom is 0.304 e. The molecule has 1 aromatic carbocycles. The van der Waals surface area contributed by atoms with E-state index in [1.807, 2.05) is 57.2 Å². The van der Waals surface area contributed by atoms with Gasteiger partial charge in [-0.25, -0.2) is 4.98 Å². The fourth-order valence-corrected chi connectivity index (χ4v) is 3.74. The van der Waals surface area contributed by atoms with E-state index in [0.29, 0.717) is 19.6 Å². The van der Waals surface area contributed by atoms with Crippen molar-refractivity contribution in [3.63, 3.8) is 0 Å². The van der Waals surface area contributed by atoms with Crippen molar-refractivity contribution >= 4 is 17.7 Å². The third kappa shape index (κ3) is 6.20. The number of pyridine rings is 1. The number of carbonyl (C=O) groups is 2. The first-order valence-corrected chi connectivity index (χ1v) is 10.7. The number of rotatable bonds is 8. The van der Waals surface area contributed by atoms with Crippen LogP contribution in [0, 0.1) is 5.92 Å². The monoisotopic (exact) mass is 425 g/mol. The Kier molecular flexibility index (Phi) is 7.15. The van der Waals surface area contributed by atoms with Gasteiger partial charge < -0.3 is 20.1 Å². The highest BCUT2D eigenvalue weighted by Gasteiger charge is 2.36. The summed E-state index contributed by atoms with van der Waals surface area (Å²) in [4.78, 5) is 30.4. The second-order valence-corrected chi connectivity index (χ2v) is 8.87. The lowest BCUT2D eigenvalue weighted by Crippen LogP contribution is -2.47. The zero-order valence-corrected chi connectivity index (χ0v) is 18.4. The minimum atomic E-state index is -0.949. The minimum Gasteiger partial charge on any atom is -0.494 e. The first-order chi connectivity index (χ1) is 14.7. The summed E-state index contributed by atoms with van der Waals surface area (Å²) in [5, 5.41) is 12.5. The van der Waals surface area contributed by atoms with E-state index in [4.69, 9.17) is 4.74 Å². The third-order valence-electron chi connectivity index (χ3n) is 5.38. The molecule has 2 heterocycles. The Hall–Kier alpha value is -3.09. The molecule has 0 saturated carbocycles. The SMILES string of the molecule is CC(C)(C)N1Cc2cc(OCCCNc3ccccn3)ccc2CC(CC(=O)O)C1=O. The maximum atomic E-state index is 13.1. The summed E-state index contributed by atoms with van der Waals surface area (Å²) in [5.74, 6) is -0.00327. The average molecular weight is 426 g/mol. The van der Waals surface area contributed by atoms with Crippen molar-refractivity contribution in [1.29, 1.82) is 0 Å². The Morgan fingerprint density at radius 1 is 1.26 bits per heavy atom. The number of nitrogens with zero attached hydrogens (tertiary/aromatic N) is 2. The molecule has 1 amide bonds. The predicted octanol–water partition coefficient (Wildman–Crippen LogP) is 3.74. The maximum absolute atomic E-state index is 13.1. The minimum absolute atomic E-state index is 0.103. The number of amides is 1. The zero-order valence-electron chi connectivity index (χ0n) is 18.4. The molecule has 2 aromatic rings. The Bertz CT molecular complexity index is 909. The van der Waals surface area contributed by atoms with Gasteiger partial charge in [-0.1, -0.05) is 12.1 Å². The molecule has 1 atom stereocenters. The summed E-state index contributed by atoms with van der Waals surface area (Å²) >= 11 is 0. The molecule has 1 aliphatic rings. The number of hydrogen-bond acceptors (Lipinski definition) is 5. The summed E-state index contributed by atoms with van der Waals surface area (Å²) in [6.07, 6.45) is 2.84. The number of fused-ring (bicyclic) bond motifs is 1. The van der Waals surface area contributed by atoms with Gasteiger partial charge in [0.25, 0.3) is 0 Å². The number of benzene rings is 1. The van der Waals surface area contributed by atoms with E-state index in [2.05, 4.69) is 10.3 Å². The molecule has 3 rings (SSSR count). The molecule has 1 aromatic heterocycles. The standard InChI is InChI=1S/C24H31N3O4/c1-24(2,3)27-16-19-14-20(31-12-6-11-26-21-7-4-5-10-25-21)9-8-17(19)13-18(23(27)30)15-22(28)29/h4-5,7-10,14,18H,6,11-13,15-16H2,1-3H3,(H,25,26)(H,28,29). The summed E-state index contributed by atoms with van der Waals surface area (Å²) in [6.45, 7) is 7.69. The second-order valence-electron chi connectivity index (χ2n) is 8.87. The van der Waals surface area contributed by atoms with Crippen LogP contribution in [0.5, 0.6) is 5.75 Å². The van der Waals surface area contributed by atoms with Gasteiger partial charge in [0.2, 0.25) is 5.91 Å². The Morgan fingerprint density at radius 3 is 2.74 bits per heavy atom. The van der Waals surface area contributed by atoms with Gasteiger partial charge in [0.15, 0.2) is 0 Å². The van der Waals surface area contributed by atoms with Crippen molar-refractivity contribution in [3.05, 3.63) is 53.7 Å². The van der Waals surface area contributed by atoms with Gasteiger partial charge in [-0.15, -0.1) is 0 Å². The Morgan fingerprint density at radius 2 is 2.06 bits per heavy atom. The van der Waals surface area contributed by atoms with Crippen LogP contribution in [-0.4, -0.2) is 45.6 Å². The summed E-state index contributed by atoms with van der Waals surface area (Å²) < 4.78 is 5.93. The van der Waals surface area contributed by atoms with Crippen LogP contribution in [0.1, 0.15) is 44.7 Å². The van der Waals surface area contributed by atoms with Crippen LogP contribution in [0.25, 0.3) is 0 Å². The molecular weight excluding hydrogens is 394 g/mol. The molecule has 7 heteroatoms. The van der Waals surface area contributed by atoms with Crippen molar-refractivity contribution < 1.29 is 19.4 Å². The average Bonchev–Trinajstić information content (AvgIpc) is 2.84. The van der Waals surface area contributed by atoms with Crippen LogP contribution in [0.15, 0.2) is 42.6 Å². The number of carboxylic acids is 1. The largest absolute Gasteiger partial charge is 0.494 e. The van der Waals surface area contributed by atoms with Crippen molar-refractivity contribution in [3.8, 4) is 5.75 Å². The van der Waals surface area contributed by atoms with Gasteiger partial charge in [0.05, 0.1) is 18.9 Å². The number of carbonyl (C=O) groups excluding carboxylic acids is 1. The van der Waals surface area contributed by atoms with Crippen molar-refractivity contribution in [2.45, 2.75) is 52.1 Å². The fraction of sp³-hybridized carbons (Fsp3) is 0.458. The molecule has 2 N–H and O–H groups in total. The molecule has 0 fully saturated rings. The topological polar surface area (TPSA) is 91.8 Å². The number of hydrogen-bond donors (Lipinski definition) is 2. The number of carboxylic acid groups (broad SMARTS) is 1. The molecule has 0 spiro atoms. The lowest BCUT2D eigenvalue weighted by molar-refractivity contribution is -0.147. The zero-order chi connectivity index (χ0) is 22.4. The van der Waals surface area contributed by atoms with E-state index >= 15 is 0 Å². The molecule has 1 aliphatic heterocycles. The lowest BCUT2D eigenvalue weighted by Gasteiger charge is -2.36. The Labute approximate surface area is 183 Å². The highest BCUT2D eigenvalue weighted by atomic mass is 16.5. The van der Waals surface area contributed by atoms with Gasteiger partial charge in [-0.05, 0) is 69.0 Å². The summed E-state index contributed by atoms with van der Waals surface area (Å²) in [7, 11) is 0. The summed E-state index contributed by atoms with van der Waals surface area (Å²) in [6, 6.07) is 11.6. The number of aromatic nitrogens is 1. The smallest absolute Gasteiger partial charge is 0.304 e. The molecule has 0 radical (unpaired) electrons. The molecular formula is C24H31N3O4. The summed E-state index contributed by atoms with van der Waals surface area (Å²) in [5.41, 5.74) is 1.62. The number of nitrogens with one attached hydrogen (secondary N) is 1. The van der Waals surface area contributed by atoms with Crippen LogP contribution >= 0.6 is 0 Å².